The van der Waals surface area contributed by atoms with Crippen LogP contribution in [0, 0.1) is 5.92 Å². The highest BCUT2D eigenvalue weighted by Gasteiger charge is 2.33. The average molecular weight is 500 g/mol. The van der Waals surface area contributed by atoms with E-state index in [2.05, 4.69) is 22.5 Å². The van der Waals surface area contributed by atoms with Crippen molar-refractivity contribution in [3.63, 3.8) is 0 Å². The lowest BCUT2D eigenvalue weighted by Crippen LogP contribution is -2.52. The third kappa shape index (κ3) is 5.07. The maximum Gasteiger partial charge on any atom is 0.416 e. The lowest BCUT2D eigenvalue weighted by molar-refractivity contribution is -0.138. The highest BCUT2D eigenvalue weighted by Crippen LogP contribution is 2.32. The van der Waals surface area contributed by atoms with E-state index in [0.29, 0.717) is 38.4 Å². The number of carbonyl (C=O) groups is 1. The largest absolute Gasteiger partial charge is 0.416 e. The molecule has 0 bridgehead atoms. The van der Waals surface area contributed by atoms with Gasteiger partial charge in [-0.3, -0.25) is 9.69 Å². The Morgan fingerprint density at radius 3 is 2.56 bits per heavy atom. The second-order valence-electron chi connectivity index (χ2n) is 9.70. The van der Waals surface area contributed by atoms with Gasteiger partial charge >= 0.3 is 6.18 Å². The van der Waals surface area contributed by atoms with Crippen LogP contribution in [0.2, 0.25) is 0 Å². The number of benzene rings is 2. The minimum Gasteiger partial charge on any atom is -0.368 e. The van der Waals surface area contributed by atoms with E-state index in [1.807, 2.05) is 28.0 Å². The van der Waals surface area contributed by atoms with Gasteiger partial charge < -0.3 is 14.4 Å². The Balaban J connectivity index is 1.19. The van der Waals surface area contributed by atoms with E-state index in [4.69, 9.17) is 4.98 Å². The lowest BCUT2D eigenvalue weighted by Gasteiger charge is -2.39. The number of piperidine rings is 1. The molecule has 2 aromatic carbocycles. The summed E-state index contributed by atoms with van der Waals surface area (Å²) in [5.74, 6) is 1.13. The summed E-state index contributed by atoms with van der Waals surface area (Å²) in [6, 6.07) is 13.6. The van der Waals surface area contributed by atoms with Crippen LogP contribution in [0.15, 0.2) is 48.5 Å². The number of likely N-dealkylation sites (tertiary alicyclic amines) is 1. The third-order valence-electron chi connectivity index (χ3n) is 7.40. The lowest BCUT2D eigenvalue weighted by atomic mass is 9.96. The van der Waals surface area contributed by atoms with Gasteiger partial charge in [0.2, 0.25) is 5.91 Å². The van der Waals surface area contributed by atoms with Gasteiger partial charge in [0.1, 0.15) is 5.82 Å². The number of imidazole rings is 1. The van der Waals surface area contributed by atoms with E-state index in [1.54, 1.807) is 6.07 Å². The molecule has 36 heavy (non-hydrogen) atoms. The van der Waals surface area contributed by atoms with Gasteiger partial charge in [0.05, 0.1) is 29.1 Å². The number of carbonyl (C=O) groups excluding carboxylic acids is 1. The van der Waals surface area contributed by atoms with Crippen LogP contribution in [0.1, 0.15) is 31.2 Å². The number of anilines is 1. The minimum absolute atomic E-state index is 0.0571. The van der Waals surface area contributed by atoms with Crippen molar-refractivity contribution in [2.45, 2.75) is 39.0 Å². The molecule has 2 aliphatic rings. The zero-order valence-electron chi connectivity index (χ0n) is 20.5. The maximum absolute atomic E-state index is 13.4. The number of piperazine rings is 1. The number of fused-ring (bicyclic) bond motifs is 1. The number of rotatable bonds is 5. The molecular formula is C27H32F3N5O. The van der Waals surface area contributed by atoms with Crippen LogP contribution in [0.4, 0.5) is 18.9 Å². The van der Waals surface area contributed by atoms with Crippen LogP contribution < -0.4 is 4.90 Å². The number of para-hydroxylation sites is 2. The highest BCUT2D eigenvalue weighted by atomic mass is 19.4. The molecule has 6 nitrogen and oxygen atoms in total. The Morgan fingerprint density at radius 2 is 1.81 bits per heavy atom. The molecule has 0 saturated carbocycles. The van der Waals surface area contributed by atoms with E-state index in [-0.39, 0.29) is 11.8 Å². The molecule has 0 aliphatic carbocycles. The predicted octanol–water partition coefficient (Wildman–Crippen LogP) is 4.64. The maximum atomic E-state index is 13.4. The van der Waals surface area contributed by atoms with Crippen LogP contribution in [-0.2, 0) is 24.1 Å². The Kier molecular flexibility index (Phi) is 6.92. The standard InChI is InChI=1S/C27H32F3N5O/c1-2-35-24-11-4-3-10-23(24)31-25(35)19-32-12-6-7-20(18-32)26(36)34-15-13-33(14-16-34)22-9-5-8-21(17-22)27(28,29)30/h3-5,8-11,17,20H,2,6-7,12-16,18-19H2,1H3/t20-/m1/s1. The molecule has 2 fully saturated rings. The number of aryl methyl sites for hydroxylation is 1. The normalized spacial score (nSPS) is 19.7. The molecule has 1 atom stereocenters. The van der Waals surface area contributed by atoms with E-state index in [1.165, 1.54) is 12.1 Å². The van der Waals surface area contributed by atoms with Gasteiger partial charge in [-0.15, -0.1) is 0 Å². The molecular weight excluding hydrogens is 467 g/mol. The molecule has 0 spiro atoms. The Bertz CT molecular complexity index is 1220. The van der Waals surface area contributed by atoms with E-state index in [0.717, 1.165) is 55.4 Å². The summed E-state index contributed by atoms with van der Waals surface area (Å²) >= 11 is 0. The Labute approximate surface area is 209 Å². The van der Waals surface area contributed by atoms with E-state index < -0.39 is 11.7 Å². The van der Waals surface area contributed by atoms with Gasteiger partial charge in [-0.05, 0) is 56.6 Å². The van der Waals surface area contributed by atoms with Gasteiger partial charge in [0.25, 0.3) is 0 Å². The van der Waals surface area contributed by atoms with Crippen molar-refractivity contribution in [2.24, 2.45) is 5.92 Å². The van der Waals surface area contributed by atoms with E-state index >= 15 is 0 Å². The fourth-order valence-corrected chi connectivity index (χ4v) is 5.52. The van der Waals surface area contributed by atoms with Crippen molar-refractivity contribution in [2.75, 3.05) is 44.2 Å². The average Bonchev–Trinajstić information content (AvgIpc) is 3.25. The molecule has 1 amide bonds. The molecule has 2 saturated heterocycles. The van der Waals surface area contributed by atoms with Crippen LogP contribution in [0.3, 0.4) is 0 Å². The highest BCUT2D eigenvalue weighted by molar-refractivity contribution is 5.79. The van der Waals surface area contributed by atoms with Crippen LogP contribution in [0.5, 0.6) is 0 Å². The van der Waals surface area contributed by atoms with Gasteiger partial charge in [-0.25, -0.2) is 4.98 Å². The summed E-state index contributed by atoms with van der Waals surface area (Å²) < 4.78 is 41.5. The monoisotopic (exact) mass is 499 g/mol. The first-order chi connectivity index (χ1) is 17.3. The quantitative estimate of drug-likeness (QED) is 0.513. The van der Waals surface area contributed by atoms with Crippen LogP contribution in [-0.4, -0.2) is 64.5 Å². The predicted molar refractivity (Wildman–Crippen MR) is 134 cm³/mol. The van der Waals surface area contributed by atoms with Crippen LogP contribution >= 0.6 is 0 Å². The number of hydrogen-bond acceptors (Lipinski definition) is 4. The number of amides is 1. The number of halogens is 3. The Morgan fingerprint density at radius 1 is 1.03 bits per heavy atom. The molecule has 9 heteroatoms. The number of nitrogens with zero attached hydrogens (tertiary/aromatic N) is 5. The van der Waals surface area contributed by atoms with Gasteiger partial charge in [-0.2, -0.15) is 13.2 Å². The number of hydrogen-bond donors (Lipinski definition) is 0. The molecule has 5 rings (SSSR count). The summed E-state index contributed by atoms with van der Waals surface area (Å²) in [6.07, 6.45) is -2.53. The van der Waals surface area contributed by atoms with Crippen molar-refractivity contribution < 1.29 is 18.0 Å². The summed E-state index contributed by atoms with van der Waals surface area (Å²) in [7, 11) is 0. The fourth-order valence-electron chi connectivity index (χ4n) is 5.52. The molecule has 2 aliphatic heterocycles. The summed E-state index contributed by atoms with van der Waals surface area (Å²) in [6.45, 7) is 7.46. The first kappa shape index (κ1) is 24.6. The fraction of sp³-hybridized carbons (Fsp3) is 0.481. The van der Waals surface area contributed by atoms with Crippen molar-refractivity contribution in [1.29, 1.82) is 0 Å². The first-order valence-corrected chi connectivity index (χ1v) is 12.7. The molecule has 0 radical (unpaired) electrons. The van der Waals surface area contributed by atoms with Crippen molar-refractivity contribution >= 4 is 22.6 Å². The zero-order valence-corrected chi connectivity index (χ0v) is 20.5. The number of aromatic nitrogens is 2. The van der Waals surface area contributed by atoms with Crippen LogP contribution in [0.25, 0.3) is 11.0 Å². The van der Waals surface area contributed by atoms with Crippen molar-refractivity contribution in [3.8, 4) is 0 Å². The SMILES string of the molecule is CCn1c(CN2CCC[C@@H](C(=O)N3CCN(c4cccc(C(F)(F)F)c4)CC3)C2)nc2ccccc21. The minimum atomic E-state index is -4.36. The van der Waals surface area contributed by atoms with Gasteiger partial charge in [0, 0.05) is 45.0 Å². The smallest absolute Gasteiger partial charge is 0.368 e. The molecule has 3 aromatic rings. The third-order valence-corrected chi connectivity index (χ3v) is 7.40. The number of alkyl halides is 3. The van der Waals surface area contributed by atoms with Gasteiger partial charge in [0.15, 0.2) is 0 Å². The van der Waals surface area contributed by atoms with Gasteiger partial charge in [-0.1, -0.05) is 18.2 Å². The van der Waals surface area contributed by atoms with Crippen molar-refractivity contribution in [3.05, 3.63) is 59.9 Å². The summed E-state index contributed by atoms with van der Waals surface area (Å²) in [5.41, 5.74) is 2.05. The summed E-state index contributed by atoms with van der Waals surface area (Å²) in [5, 5.41) is 0. The molecule has 3 heterocycles. The Hall–Kier alpha value is -3.07. The molecule has 0 unspecified atom stereocenters. The second-order valence-corrected chi connectivity index (χ2v) is 9.70. The zero-order chi connectivity index (χ0) is 25.3. The van der Waals surface area contributed by atoms with Crippen molar-refractivity contribution in [1.82, 2.24) is 19.4 Å². The first-order valence-electron chi connectivity index (χ1n) is 12.7. The topological polar surface area (TPSA) is 44.6 Å². The van der Waals surface area contributed by atoms with E-state index in [9.17, 15) is 18.0 Å². The molecule has 0 N–H and O–H groups in total. The summed E-state index contributed by atoms with van der Waals surface area (Å²) in [4.78, 5) is 24.4. The molecule has 192 valence electrons. The molecule has 1 aromatic heterocycles. The second kappa shape index (κ2) is 10.1.